The number of furan rings is 1. The van der Waals surface area contributed by atoms with E-state index >= 15 is 0 Å². The van der Waals surface area contributed by atoms with Crippen LogP contribution in [-0.4, -0.2) is 5.11 Å². The molecule has 2 aromatic carbocycles. The Labute approximate surface area is 117 Å². The number of rotatable bonds is 3. The average molecular weight is 264 g/mol. The van der Waals surface area contributed by atoms with Crippen LogP contribution in [0.4, 0.5) is 0 Å². The minimum absolute atomic E-state index is 0.158. The Bertz CT molecular complexity index is 705. The van der Waals surface area contributed by atoms with Crippen LogP contribution in [0.5, 0.6) is 0 Å². The molecule has 1 fully saturated rings. The molecule has 2 heteroatoms. The van der Waals surface area contributed by atoms with Gasteiger partial charge in [0.15, 0.2) is 0 Å². The van der Waals surface area contributed by atoms with Crippen LogP contribution in [0.3, 0.4) is 0 Å². The number of aliphatic hydroxyl groups is 1. The molecular formula is C18H16O2. The first-order valence-electron chi connectivity index (χ1n) is 7.02. The Balaban J connectivity index is 1.75. The van der Waals surface area contributed by atoms with Crippen LogP contribution in [-0.2, 0) is 5.41 Å². The molecule has 1 heterocycles. The Morgan fingerprint density at radius 3 is 2.35 bits per heavy atom. The Kier molecular flexibility index (Phi) is 2.48. The van der Waals surface area contributed by atoms with Gasteiger partial charge < -0.3 is 9.52 Å². The standard InChI is InChI=1S/C18H16O2/c19-17(16-12-13-6-4-5-9-15(13)20-16)18(10-11-18)14-7-2-1-3-8-14/h1-9,12,17,19H,10-11H2. The molecule has 1 N–H and O–H groups in total. The van der Waals surface area contributed by atoms with Crippen molar-refractivity contribution in [3.63, 3.8) is 0 Å². The molecule has 3 aromatic rings. The Morgan fingerprint density at radius 2 is 1.65 bits per heavy atom. The first kappa shape index (κ1) is 11.7. The summed E-state index contributed by atoms with van der Waals surface area (Å²) in [5, 5.41) is 11.8. The van der Waals surface area contributed by atoms with Gasteiger partial charge in [0.25, 0.3) is 0 Å². The highest BCUT2D eigenvalue weighted by molar-refractivity contribution is 5.77. The molecule has 2 nitrogen and oxygen atoms in total. The van der Waals surface area contributed by atoms with Crippen molar-refractivity contribution < 1.29 is 9.52 Å². The monoisotopic (exact) mass is 264 g/mol. The molecule has 1 aromatic heterocycles. The second-order valence-electron chi connectivity index (χ2n) is 5.61. The molecule has 1 atom stereocenters. The van der Waals surface area contributed by atoms with E-state index in [-0.39, 0.29) is 5.41 Å². The van der Waals surface area contributed by atoms with Crippen LogP contribution in [0.1, 0.15) is 30.3 Å². The van der Waals surface area contributed by atoms with Crippen molar-refractivity contribution in [2.75, 3.05) is 0 Å². The van der Waals surface area contributed by atoms with E-state index < -0.39 is 6.10 Å². The van der Waals surface area contributed by atoms with E-state index in [0.29, 0.717) is 5.76 Å². The summed E-state index contributed by atoms with van der Waals surface area (Å²) in [6, 6.07) is 20.1. The lowest BCUT2D eigenvalue weighted by Crippen LogP contribution is -2.17. The largest absolute Gasteiger partial charge is 0.458 e. The zero-order valence-electron chi connectivity index (χ0n) is 11.1. The van der Waals surface area contributed by atoms with Crippen LogP contribution in [0.15, 0.2) is 65.1 Å². The molecule has 1 aliphatic rings. The number of para-hydroxylation sites is 1. The SMILES string of the molecule is OC(c1cc2ccccc2o1)C1(c2ccccc2)CC1. The van der Waals surface area contributed by atoms with Gasteiger partial charge in [-0.1, -0.05) is 48.5 Å². The summed E-state index contributed by atoms with van der Waals surface area (Å²) >= 11 is 0. The molecule has 20 heavy (non-hydrogen) atoms. The first-order chi connectivity index (χ1) is 9.79. The predicted molar refractivity (Wildman–Crippen MR) is 78.5 cm³/mol. The van der Waals surface area contributed by atoms with Crippen LogP contribution in [0, 0.1) is 0 Å². The fourth-order valence-corrected chi connectivity index (χ4v) is 3.03. The molecule has 0 radical (unpaired) electrons. The third-order valence-electron chi connectivity index (χ3n) is 4.37. The van der Waals surface area contributed by atoms with E-state index in [1.165, 1.54) is 5.56 Å². The molecule has 0 spiro atoms. The fourth-order valence-electron chi connectivity index (χ4n) is 3.03. The van der Waals surface area contributed by atoms with Gasteiger partial charge in [0.05, 0.1) is 0 Å². The summed E-state index contributed by atoms with van der Waals surface area (Å²) in [5.74, 6) is 0.674. The summed E-state index contributed by atoms with van der Waals surface area (Å²) in [6.45, 7) is 0. The Hall–Kier alpha value is -2.06. The zero-order chi connectivity index (χ0) is 13.6. The van der Waals surface area contributed by atoms with Gasteiger partial charge >= 0.3 is 0 Å². The van der Waals surface area contributed by atoms with E-state index in [0.717, 1.165) is 23.8 Å². The summed E-state index contributed by atoms with van der Waals surface area (Å²) < 4.78 is 5.83. The van der Waals surface area contributed by atoms with Crippen molar-refractivity contribution in [1.29, 1.82) is 0 Å². The second-order valence-corrected chi connectivity index (χ2v) is 5.61. The summed E-state index contributed by atoms with van der Waals surface area (Å²) in [4.78, 5) is 0. The number of fused-ring (bicyclic) bond motifs is 1. The van der Waals surface area contributed by atoms with Crippen molar-refractivity contribution in [3.05, 3.63) is 72.0 Å². The van der Waals surface area contributed by atoms with Crippen molar-refractivity contribution in [2.24, 2.45) is 0 Å². The molecule has 4 rings (SSSR count). The van der Waals surface area contributed by atoms with E-state index in [1.54, 1.807) is 0 Å². The third-order valence-corrected chi connectivity index (χ3v) is 4.37. The van der Waals surface area contributed by atoms with Gasteiger partial charge in [-0.3, -0.25) is 0 Å². The lowest BCUT2D eigenvalue weighted by Gasteiger charge is -2.20. The summed E-state index contributed by atoms with van der Waals surface area (Å²) in [6.07, 6.45) is 1.45. The minimum atomic E-state index is -0.572. The summed E-state index contributed by atoms with van der Waals surface area (Å²) in [5.41, 5.74) is 1.88. The zero-order valence-corrected chi connectivity index (χ0v) is 11.1. The van der Waals surface area contributed by atoms with Gasteiger partial charge in [0.1, 0.15) is 17.4 Å². The van der Waals surface area contributed by atoms with Crippen molar-refractivity contribution in [2.45, 2.75) is 24.4 Å². The molecule has 1 unspecified atom stereocenters. The third kappa shape index (κ3) is 1.69. The molecule has 0 bridgehead atoms. The lowest BCUT2D eigenvalue weighted by atomic mass is 9.88. The maximum Gasteiger partial charge on any atom is 0.134 e. The van der Waals surface area contributed by atoms with Gasteiger partial charge in [0.2, 0.25) is 0 Å². The maximum atomic E-state index is 10.8. The van der Waals surface area contributed by atoms with E-state index in [2.05, 4.69) is 12.1 Å². The Morgan fingerprint density at radius 1 is 0.950 bits per heavy atom. The first-order valence-corrected chi connectivity index (χ1v) is 7.02. The van der Waals surface area contributed by atoms with Gasteiger partial charge in [0, 0.05) is 10.8 Å². The van der Waals surface area contributed by atoms with Crippen LogP contribution < -0.4 is 0 Å². The number of aliphatic hydroxyl groups excluding tert-OH is 1. The van der Waals surface area contributed by atoms with Gasteiger partial charge in [-0.05, 0) is 30.5 Å². The highest BCUT2D eigenvalue weighted by Crippen LogP contribution is 2.56. The van der Waals surface area contributed by atoms with Crippen molar-refractivity contribution >= 4 is 11.0 Å². The van der Waals surface area contributed by atoms with Gasteiger partial charge in [-0.15, -0.1) is 0 Å². The number of benzene rings is 2. The van der Waals surface area contributed by atoms with E-state index in [9.17, 15) is 5.11 Å². The van der Waals surface area contributed by atoms with Crippen LogP contribution >= 0.6 is 0 Å². The van der Waals surface area contributed by atoms with Crippen molar-refractivity contribution in [1.82, 2.24) is 0 Å². The van der Waals surface area contributed by atoms with Crippen molar-refractivity contribution in [3.8, 4) is 0 Å². The molecule has 0 saturated heterocycles. The smallest absolute Gasteiger partial charge is 0.134 e. The van der Waals surface area contributed by atoms with E-state index in [1.807, 2.05) is 48.5 Å². The topological polar surface area (TPSA) is 33.4 Å². The molecule has 0 amide bonds. The van der Waals surface area contributed by atoms with Crippen LogP contribution in [0.25, 0.3) is 11.0 Å². The predicted octanol–water partition coefficient (Wildman–Crippen LogP) is 4.20. The lowest BCUT2D eigenvalue weighted by molar-refractivity contribution is 0.110. The summed E-state index contributed by atoms with van der Waals surface area (Å²) in [7, 11) is 0. The fraction of sp³-hybridized carbons (Fsp3) is 0.222. The normalized spacial score (nSPS) is 18.1. The minimum Gasteiger partial charge on any atom is -0.458 e. The molecule has 1 aliphatic carbocycles. The highest BCUT2D eigenvalue weighted by Gasteiger charge is 2.51. The average Bonchev–Trinajstić information content (AvgIpc) is 3.20. The highest BCUT2D eigenvalue weighted by atomic mass is 16.4. The maximum absolute atomic E-state index is 10.8. The molecule has 1 saturated carbocycles. The molecular weight excluding hydrogens is 248 g/mol. The molecule has 100 valence electrons. The van der Waals surface area contributed by atoms with Crippen LogP contribution in [0.2, 0.25) is 0 Å². The molecule has 0 aliphatic heterocycles. The van der Waals surface area contributed by atoms with E-state index in [4.69, 9.17) is 4.42 Å². The van der Waals surface area contributed by atoms with Gasteiger partial charge in [-0.2, -0.15) is 0 Å². The van der Waals surface area contributed by atoms with Gasteiger partial charge in [-0.25, -0.2) is 0 Å². The second kappa shape index (κ2) is 4.22. The number of hydrogen-bond donors (Lipinski definition) is 1. The number of hydrogen-bond acceptors (Lipinski definition) is 2. The quantitative estimate of drug-likeness (QED) is 0.769.